The highest BCUT2D eigenvalue weighted by Crippen LogP contribution is 2.42. The lowest BCUT2D eigenvalue weighted by atomic mass is 9.73. The number of quaternary nitrogens is 1. The van der Waals surface area contributed by atoms with Gasteiger partial charge in [0.2, 0.25) is 0 Å². The summed E-state index contributed by atoms with van der Waals surface area (Å²) in [7, 11) is 3.87. The minimum Gasteiger partial charge on any atom is -0.457 e. The Morgan fingerprint density at radius 3 is 2.23 bits per heavy atom. The number of nitrogens with one attached hydrogen (secondary N) is 1. The van der Waals surface area contributed by atoms with Gasteiger partial charge in [-0.3, -0.25) is 4.79 Å². The number of rotatable bonds is 7. The number of benzene rings is 2. The van der Waals surface area contributed by atoms with Crippen molar-refractivity contribution in [2.24, 2.45) is 0 Å². The molecule has 1 fully saturated rings. The minimum absolute atomic E-state index is 0.0527. The summed E-state index contributed by atoms with van der Waals surface area (Å²) >= 11 is 6.12. The third-order valence-corrected chi connectivity index (χ3v) is 6.48. The Morgan fingerprint density at radius 1 is 1.10 bits per heavy atom. The van der Waals surface area contributed by atoms with E-state index in [1.165, 1.54) is 0 Å². The van der Waals surface area contributed by atoms with E-state index in [0.717, 1.165) is 41.6 Å². The summed E-state index contributed by atoms with van der Waals surface area (Å²) in [6.07, 6.45) is 2.44. The van der Waals surface area contributed by atoms with Gasteiger partial charge in [-0.25, -0.2) is 4.79 Å². The van der Waals surface area contributed by atoms with E-state index in [4.69, 9.17) is 16.3 Å². The first-order valence-corrected chi connectivity index (χ1v) is 10.6. The topological polar surface area (TPSA) is 55.4 Å². The Kier molecular flexibility index (Phi) is 6.53. The van der Waals surface area contributed by atoms with E-state index in [2.05, 4.69) is 5.32 Å². The fraction of sp³-hybridized carbons (Fsp3) is 0.417. The number of hydrogen-bond acceptors (Lipinski definition) is 3. The van der Waals surface area contributed by atoms with Gasteiger partial charge in [-0.2, -0.15) is 0 Å². The molecule has 0 bridgehead atoms. The highest BCUT2D eigenvalue weighted by molar-refractivity contribution is 6.30. The zero-order valence-electron chi connectivity index (χ0n) is 18.1. The summed E-state index contributed by atoms with van der Waals surface area (Å²) in [6.45, 7) is 4.24. The first-order valence-electron chi connectivity index (χ1n) is 10.3. The standard InChI is InChI=1S/C24H29ClN2O3/c1-17-13-20(25)14-18(2)22(17)26-23(29)24(11-8-12-24)27(3,4)15-21(28)30-16-19-9-6-5-7-10-19/h5-7,9-10,13-14H,8,11-12,15-16H2,1-4H3/p+1. The second kappa shape index (κ2) is 8.78. The summed E-state index contributed by atoms with van der Waals surface area (Å²) in [6, 6.07) is 13.3. The minimum atomic E-state index is -0.649. The third kappa shape index (κ3) is 4.52. The van der Waals surface area contributed by atoms with Crippen LogP contribution in [0, 0.1) is 13.8 Å². The molecule has 0 atom stereocenters. The Labute approximate surface area is 183 Å². The van der Waals surface area contributed by atoms with Crippen LogP contribution in [0.4, 0.5) is 5.69 Å². The number of halogens is 1. The van der Waals surface area contributed by atoms with E-state index in [1.54, 1.807) is 0 Å². The summed E-state index contributed by atoms with van der Waals surface area (Å²) in [5, 5.41) is 3.77. The zero-order valence-corrected chi connectivity index (χ0v) is 18.9. The van der Waals surface area contributed by atoms with Gasteiger partial charge in [0.1, 0.15) is 6.61 Å². The quantitative estimate of drug-likeness (QED) is 0.515. The maximum absolute atomic E-state index is 13.4. The molecule has 0 saturated heterocycles. The Morgan fingerprint density at radius 2 is 1.70 bits per heavy atom. The lowest BCUT2D eigenvalue weighted by Crippen LogP contribution is -2.70. The highest BCUT2D eigenvalue weighted by atomic mass is 35.5. The SMILES string of the molecule is Cc1cc(Cl)cc(C)c1NC(=O)C1([N+](C)(C)CC(=O)OCc2ccccc2)CCC1. The van der Waals surface area contributed by atoms with Crippen LogP contribution >= 0.6 is 11.6 Å². The second-order valence-corrected chi connectivity index (χ2v) is 9.18. The normalized spacial score (nSPS) is 15.2. The Hall–Kier alpha value is -2.37. The van der Waals surface area contributed by atoms with Gasteiger partial charge >= 0.3 is 5.97 Å². The third-order valence-electron chi connectivity index (χ3n) is 6.27. The number of esters is 1. The van der Waals surface area contributed by atoms with Crippen molar-refractivity contribution in [3.05, 3.63) is 64.2 Å². The van der Waals surface area contributed by atoms with Crippen molar-refractivity contribution in [1.82, 2.24) is 0 Å². The van der Waals surface area contributed by atoms with E-state index < -0.39 is 5.54 Å². The van der Waals surface area contributed by atoms with Crippen molar-refractivity contribution in [1.29, 1.82) is 0 Å². The van der Waals surface area contributed by atoms with E-state index in [1.807, 2.05) is 70.4 Å². The van der Waals surface area contributed by atoms with E-state index in [0.29, 0.717) is 5.02 Å². The number of ether oxygens (including phenoxy) is 1. The number of nitrogens with zero attached hydrogens (tertiary/aromatic N) is 1. The fourth-order valence-electron chi connectivity index (χ4n) is 4.21. The Bertz CT molecular complexity index is 914. The molecule has 2 aromatic rings. The molecule has 160 valence electrons. The van der Waals surface area contributed by atoms with Crippen molar-refractivity contribution in [3.8, 4) is 0 Å². The van der Waals surface area contributed by atoms with Crippen LogP contribution in [0.3, 0.4) is 0 Å². The molecular weight excluding hydrogens is 400 g/mol. The molecule has 0 unspecified atom stereocenters. The lowest BCUT2D eigenvalue weighted by Gasteiger charge is -2.51. The predicted octanol–water partition coefficient (Wildman–Crippen LogP) is 4.64. The average molecular weight is 430 g/mol. The molecule has 0 heterocycles. The van der Waals surface area contributed by atoms with Crippen LogP contribution in [0.5, 0.6) is 0 Å². The summed E-state index contributed by atoms with van der Waals surface area (Å²) in [4.78, 5) is 26.0. The fourth-order valence-corrected chi connectivity index (χ4v) is 4.54. The zero-order chi connectivity index (χ0) is 21.9. The van der Waals surface area contributed by atoms with E-state index in [-0.39, 0.29) is 29.5 Å². The maximum Gasteiger partial charge on any atom is 0.362 e. The number of likely N-dealkylation sites (N-methyl/N-ethyl adjacent to an activating group) is 1. The summed E-state index contributed by atoms with van der Waals surface area (Å²) in [5.74, 6) is -0.357. The maximum atomic E-state index is 13.4. The molecule has 6 heteroatoms. The number of carbonyl (C=O) groups is 2. The predicted molar refractivity (Wildman–Crippen MR) is 119 cm³/mol. The van der Waals surface area contributed by atoms with Crippen molar-refractivity contribution in [2.45, 2.75) is 45.3 Å². The number of aryl methyl sites for hydroxylation is 2. The molecule has 0 aromatic heterocycles. The van der Waals surface area contributed by atoms with Crippen LogP contribution in [-0.4, -0.2) is 42.5 Å². The molecule has 0 spiro atoms. The van der Waals surface area contributed by atoms with Gasteiger partial charge in [0.05, 0.1) is 14.1 Å². The van der Waals surface area contributed by atoms with Gasteiger partial charge in [0.15, 0.2) is 12.1 Å². The molecule has 30 heavy (non-hydrogen) atoms. The molecule has 1 aliphatic carbocycles. The first-order chi connectivity index (χ1) is 14.1. The molecule has 1 N–H and O–H groups in total. The van der Waals surface area contributed by atoms with Crippen LogP contribution in [0.15, 0.2) is 42.5 Å². The van der Waals surface area contributed by atoms with Crippen LogP contribution in [0.2, 0.25) is 5.02 Å². The van der Waals surface area contributed by atoms with Crippen LogP contribution < -0.4 is 5.32 Å². The molecular formula is C24H30ClN2O3+. The van der Waals surface area contributed by atoms with Crippen molar-refractivity contribution in [2.75, 3.05) is 26.0 Å². The molecule has 0 aliphatic heterocycles. The average Bonchev–Trinajstić information content (AvgIpc) is 2.62. The van der Waals surface area contributed by atoms with E-state index >= 15 is 0 Å². The molecule has 5 nitrogen and oxygen atoms in total. The smallest absolute Gasteiger partial charge is 0.362 e. The van der Waals surface area contributed by atoms with Gasteiger partial charge in [-0.1, -0.05) is 41.9 Å². The van der Waals surface area contributed by atoms with Gasteiger partial charge < -0.3 is 14.5 Å². The summed E-state index contributed by atoms with van der Waals surface area (Å²) in [5.41, 5.74) is 2.94. The number of amides is 1. The van der Waals surface area contributed by atoms with Gasteiger partial charge in [-0.05, 0) is 49.1 Å². The Balaban J connectivity index is 1.71. The molecule has 1 saturated carbocycles. The molecule has 1 aliphatic rings. The number of hydrogen-bond donors (Lipinski definition) is 1. The van der Waals surface area contributed by atoms with Crippen molar-refractivity contribution in [3.63, 3.8) is 0 Å². The number of anilines is 1. The molecule has 3 rings (SSSR count). The number of carbonyl (C=O) groups excluding carboxylic acids is 2. The van der Waals surface area contributed by atoms with Gasteiger partial charge in [0.25, 0.3) is 5.91 Å². The summed E-state index contributed by atoms with van der Waals surface area (Å²) < 4.78 is 5.74. The van der Waals surface area contributed by atoms with E-state index in [9.17, 15) is 9.59 Å². The largest absolute Gasteiger partial charge is 0.457 e. The monoisotopic (exact) mass is 429 g/mol. The second-order valence-electron chi connectivity index (χ2n) is 8.74. The van der Waals surface area contributed by atoms with Crippen LogP contribution in [0.25, 0.3) is 0 Å². The van der Waals surface area contributed by atoms with Gasteiger partial charge in [0, 0.05) is 23.6 Å². The first kappa shape index (κ1) is 22.3. The van der Waals surface area contributed by atoms with Crippen molar-refractivity contribution < 1.29 is 18.8 Å². The molecule has 0 radical (unpaired) electrons. The molecule has 2 aromatic carbocycles. The van der Waals surface area contributed by atoms with Crippen LogP contribution in [-0.2, 0) is 20.9 Å². The van der Waals surface area contributed by atoms with Crippen LogP contribution in [0.1, 0.15) is 36.0 Å². The molecule has 1 amide bonds. The van der Waals surface area contributed by atoms with Gasteiger partial charge in [-0.15, -0.1) is 0 Å². The van der Waals surface area contributed by atoms with Crippen molar-refractivity contribution >= 4 is 29.2 Å². The lowest BCUT2D eigenvalue weighted by molar-refractivity contribution is -0.931. The highest BCUT2D eigenvalue weighted by Gasteiger charge is 2.57.